The van der Waals surface area contributed by atoms with E-state index in [1.54, 1.807) is 21.9 Å². The van der Waals surface area contributed by atoms with E-state index >= 15 is 0 Å². The summed E-state index contributed by atoms with van der Waals surface area (Å²) in [7, 11) is 1.36. The highest BCUT2D eigenvalue weighted by molar-refractivity contribution is 6.07. The second-order valence-electron chi connectivity index (χ2n) is 9.90. The van der Waals surface area contributed by atoms with Crippen LogP contribution >= 0.6 is 0 Å². The zero-order valence-electron chi connectivity index (χ0n) is 21.5. The predicted octanol–water partition coefficient (Wildman–Crippen LogP) is 3.67. The molecule has 2 N–H and O–H groups in total. The number of likely N-dealkylation sites (tertiary alicyclic amines) is 1. The van der Waals surface area contributed by atoms with E-state index in [0.29, 0.717) is 49.1 Å². The fourth-order valence-electron chi connectivity index (χ4n) is 5.50. The second-order valence-corrected chi connectivity index (χ2v) is 9.90. The molecule has 3 heterocycles. The van der Waals surface area contributed by atoms with Crippen molar-refractivity contribution in [1.82, 2.24) is 19.8 Å². The Hall–Kier alpha value is -4.79. The van der Waals surface area contributed by atoms with E-state index in [-0.39, 0.29) is 35.3 Å². The van der Waals surface area contributed by atoms with E-state index in [1.807, 2.05) is 54.6 Å². The Morgan fingerprint density at radius 3 is 2.36 bits per heavy atom. The van der Waals surface area contributed by atoms with Crippen LogP contribution in [0.1, 0.15) is 38.4 Å². The molecule has 2 aliphatic heterocycles. The molecule has 1 fully saturated rings. The van der Waals surface area contributed by atoms with Crippen molar-refractivity contribution in [3.63, 3.8) is 0 Å². The first-order valence-corrected chi connectivity index (χ1v) is 12.8. The Morgan fingerprint density at radius 2 is 1.62 bits per heavy atom. The van der Waals surface area contributed by atoms with Crippen LogP contribution in [0.2, 0.25) is 0 Å². The lowest BCUT2D eigenvalue weighted by molar-refractivity contribution is -0.144. The summed E-state index contributed by atoms with van der Waals surface area (Å²) in [5.74, 6) is -0.972. The van der Waals surface area contributed by atoms with E-state index in [0.717, 1.165) is 22.3 Å². The number of aromatic nitrogens is 2. The van der Waals surface area contributed by atoms with Gasteiger partial charge in [-0.25, -0.2) is 9.97 Å². The first-order valence-electron chi connectivity index (χ1n) is 12.8. The van der Waals surface area contributed by atoms with Gasteiger partial charge in [0.1, 0.15) is 5.69 Å². The fourth-order valence-corrected chi connectivity index (χ4v) is 5.50. The van der Waals surface area contributed by atoms with Crippen molar-refractivity contribution in [2.75, 3.05) is 25.9 Å². The molecule has 2 amide bonds. The normalized spacial score (nSPS) is 16.4. The van der Waals surface area contributed by atoms with Crippen molar-refractivity contribution < 1.29 is 19.1 Å². The van der Waals surface area contributed by atoms with Crippen LogP contribution in [0.5, 0.6) is 0 Å². The summed E-state index contributed by atoms with van der Waals surface area (Å²) < 4.78 is 4.87. The number of carbonyl (C=O) groups is 3. The van der Waals surface area contributed by atoms with Crippen molar-refractivity contribution >= 4 is 34.6 Å². The maximum atomic E-state index is 13.7. The third-order valence-electron chi connectivity index (χ3n) is 7.52. The lowest BCUT2D eigenvalue weighted by Gasteiger charge is -2.19. The molecule has 0 aliphatic carbocycles. The fraction of sp³-hybridized carbons (Fsp3) is 0.233. The molecule has 1 atom stereocenters. The third kappa shape index (κ3) is 4.46. The summed E-state index contributed by atoms with van der Waals surface area (Å²) in [5.41, 5.74) is 11.0. The average Bonchev–Trinajstić information content (AvgIpc) is 3.63. The van der Waals surface area contributed by atoms with Crippen molar-refractivity contribution in [2.24, 2.45) is 5.92 Å². The molecule has 0 radical (unpaired) electrons. The molecule has 0 bridgehead atoms. The predicted molar refractivity (Wildman–Crippen MR) is 145 cm³/mol. The van der Waals surface area contributed by atoms with Gasteiger partial charge < -0.3 is 20.3 Å². The molecule has 3 aromatic carbocycles. The number of amides is 2. The minimum atomic E-state index is -0.320. The standard InChI is InChI=1S/C30H27N5O4/c1-39-29(38)21-12-13-34(17-21)27(36)23-9-5-4-8-22(23)18-10-11-25-24(14-18)26(33-30(31)32-25)28(37)35-15-19-6-2-3-7-20(19)16-35/h2-11,14,21H,12-13,15-17H2,1H3,(H2,31,32,33). The summed E-state index contributed by atoms with van der Waals surface area (Å²) in [6.07, 6.45) is 0.571. The lowest BCUT2D eigenvalue weighted by atomic mass is 9.97. The van der Waals surface area contributed by atoms with E-state index < -0.39 is 0 Å². The maximum absolute atomic E-state index is 13.7. The smallest absolute Gasteiger partial charge is 0.310 e. The van der Waals surface area contributed by atoms with E-state index in [2.05, 4.69) is 9.97 Å². The number of esters is 1. The van der Waals surface area contributed by atoms with Crippen LogP contribution in [-0.2, 0) is 22.6 Å². The molecular formula is C30H27N5O4. The van der Waals surface area contributed by atoms with Crippen molar-refractivity contribution in [2.45, 2.75) is 19.5 Å². The monoisotopic (exact) mass is 521 g/mol. The van der Waals surface area contributed by atoms with Gasteiger partial charge in [-0.1, -0.05) is 48.5 Å². The van der Waals surface area contributed by atoms with Gasteiger partial charge in [0.15, 0.2) is 0 Å². The van der Waals surface area contributed by atoms with Crippen LogP contribution in [0.3, 0.4) is 0 Å². The number of hydrogen-bond acceptors (Lipinski definition) is 7. The number of rotatable bonds is 4. The number of nitrogens with zero attached hydrogens (tertiary/aromatic N) is 4. The Morgan fingerprint density at radius 1 is 0.897 bits per heavy atom. The maximum Gasteiger partial charge on any atom is 0.310 e. The van der Waals surface area contributed by atoms with Gasteiger partial charge in [-0.05, 0) is 46.9 Å². The van der Waals surface area contributed by atoms with Gasteiger partial charge in [-0.2, -0.15) is 0 Å². The molecular weight excluding hydrogens is 494 g/mol. The lowest BCUT2D eigenvalue weighted by Crippen LogP contribution is -2.30. The molecule has 9 nitrogen and oxygen atoms in total. The van der Waals surface area contributed by atoms with Crippen LogP contribution in [0.15, 0.2) is 66.7 Å². The Balaban J connectivity index is 1.35. The third-order valence-corrected chi connectivity index (χ3v) is 7.52. The topological polar surface area (TPSA) is 119 Å². The van der Waals surface area contributed by atoms with E-state index in [9.17, 15) is 14.4 Å². The Labute approximate surface area is 225 Å². The Bertz CT molecular complexity index is 1610. The first kappa shape index (κ1) is 24.5. The zero-order valence-corrected chi connectivity index (χ0v) is 21.5. The highest BCUT2D eigenvalue weighted by Crippen LogP contribution is 2.32. The second kappa shape index (κ2) is 9.83. The molecule has 39 heavy (non-hydrogen) atoms. The number of nitrogen functional groups attached to an aromatic ring is 1. The quantitative estimate of drug-likeness (QED) is 0.407. The van der Waals surface area contributed by atoms with Gasteiger partial charge in [0.05, 0.1) is 18.5 Å². The van der Waals surface area contributed by atoms with Crippen LogP contribution in [0.4, 0.5) is 5.95 Å². The summed E-state index contributed by atoms with van der Waals surface area (Å²) in [4.78, 5) is 51.3. The average molecular weight is 522 g/mol. The number of fused-ring (bicyclic) bond motifs is 2. The van der Waals surface area contributed by atoms with Crippen LogP contribution < -0.4 is 5.73 Å². The van der Waals surface area contributed by atoms with Crippen molar-refractivity contribution in [3.05, 3.63) is 89.1 Å². The number of anilines is 1. The molecule has 6 rings (SSSR count). The van der Waals surface area contributed by atoms with Gasteiger partial charge in [0.2, 0.25) is 5.95 Å². The van der Waals surface area contributed by atoms with Gasteiger partial charge in [0.25, 0.3) is 11.8 Å². The largest absolute Gasteiger partial charge is 0.469 e. The molecule has 0 spiro atoms. The summed E-state index contributed by atoms with van der Waals surface area (Å²) in [6.45, 7) is 1.80. The molecule has 4 aromatic rings. The van der Waals surface area contributed by atoms with Crippen molar-refractivity contribution in [1.29, 1.82) is 0 Å². The highest BCUT2D eigenvalue weighted by Gasteiger charge is 2.33. The van der Waals surface area contributed by atoms with Gasteiger partial charge in [0, 0.05) is 37.1 Å². The van der Waals surface area contributed by atoms with Gasteiger partial charge >= 0.3 is 5.97 Å². The molecule has 1 saturated heterocycles. The number of hydrogen-bond donors (Lipinski definition) is 1. The van der Waals surface area contributed by atoms with Crippen LogP contribution in [0, 0.1) is 5.92 Å². The molecule has 196 valence electrons. The summed E-state index contributed by atoms with van der Waals surface area (Å²) in [5, 5.41) is 0.567. The van der Waals surface area contributed by atoms with Crippen LogP contribution in [-0.4, -0.2) is 57.8 Å². The number of ether oxygens (including phenoxy) is 1. The molecule has 2 aliphatic rings. The molecule has 0 saturated carbocycles. The minimum absolute atomic E-state index is 0.0279. The molecule has 9 heteroatoms. The van der Waals surface area contributed by atoms with Gasteiger partial charge in [-0.15, -0.1) is 0 Å². The molecule has 1 aromatic heterocycles. The highest BCUT2D eigenvalue weighted by atomic mass is 16.5. The van der Waals surface area contributed by atoms with Gasteiger partial charge in [-0.3, -0.25) is 14.4 Å². The number of benzene rings is 3. The van der Waals surface area contributed by atoms with Crippen LogP contribution in [0.25, 0.3) is 22.0 Å². The van der Waals surface area contributed by atoms with E-state index in [4.69, 9.17) is 10.5 Å². The van der Waals surface area contributed by atoms with Crippen molar-refractivity contribution in [3.8, 4) is 11.1 Å². The zero-order chi connectivity index (χ0) is 27.1. The number of methoxy groups -OCH3 is 1. The number of nitrogens with two attached hydrogens (primary N) is 1. The summed E-state index contributed by atoms with van der Waals surface area (Å²) >= 11 is 0. The minimum Gasteiger partial charge on any atom is -0.469 e. The number of carbonyl (C=O) groups excluding carboxylic acids is 3. The SMILES string of the molecule is COC(=O)C1CCN(C(=O)c2ccccc2-c2ccc3nc(N)nc(C(=O)N4Cc5ccccc5C4)c3c2)C1. The Kier molecular flexibility index (Phi) is 6.18. The summed E-state index contributed by atoms with van der Waals surface area (Å²) in [6, 6.07) is 20.8. The first-order chi connectivity index (χ1) is 18.9. The van der Waals surface area contributed by atoms with E-state index in [1.165, 1.54) is 7.11 Å². The molecule has 1 unspecified atom stereocenters.